The first-order valence-electron chi connectivity index (χ1n) is 8.16. The second-order valence-electron chi connectivity index (χ2n) is 5.95. The molecule has 5 heteroatoms. The lowest BCUT2D eigenvalue weighted by atomic mass is 10.2. The van der Waals surface area contributed by atoms with Crippen LogP contribution in [0.5, 0.6) is 0 Å². The van der Waals surface area contributed by atoms with Gasteiger partial charge in [0.2, 0.25) is 0 Å². The lowest BCUT2D eigenvalue weighted by Gasteiger charge is -2.31. The molecule has 1 N–H and O–H groups in total. The molecule has 0 radical (unpaired) electrons. The molecule has 1 fully saturated rings. The van der Waals surface area contributed by atoms with Crippen LogP contribution in [-0.4, -0.2) is 42.0 Å². The van der Waals surface area contributed by atoms with Gasteiger partial charge in [-0.15, -0.1) is 0 Å². The highest BCUT2D eigenvalue weighted by Gasteiger charge is 2.27. The van der Waals surface area contributed by atoms with Crippen LogP contribution >= 0.6 is 0 Å². The lowest BCUT2D eigenvalue weighted by Crippen LogP contribution is -2.50. The summed E-state index contributed by atoms with van der Waals surface area (Å²) in [6.07, 6.45) is 3.32. The minimum absolute atomic E-state index is 0.0604. The molecule has 4 rings (SSSR count). The molecule has 0 aliphatic carbocycles. The van der Waals surface area contributed by atoms with Gasteiger partial charge in [-0.3, -0.25) is 14.7 Å². The smallest absolute Gasteiger partial charge is 0.274 e. The number of carbonyl (C=O) groups excluding carboxylic acids is 1. The van der Waals surface area contributed by atoms with Gasteiger partial charge in [-0.05, 0) is 24.3 Å². The third-order valence-electron chi connectivity index (χ3n) is 4.46. The van der Waals surface area contributed by atoms with E-state index in [1.54, 1.807) is 18.5 Å². The summed E-state index contributed by atoms with van der Waals surface area (Å²) in [6, 6.07) is 16.1. The van der Waals surface area contributed by atoms with E-state index in [1.807, 2.05) is 23.1 Å². The number of para-hydroxylation sites is 1. The molecule has 120 valence electrons. The SMILES string of the molecule is O=C(c1cccnc1)N1CCN(c2ccc3ccccc3[nH+]2)CC1. The van der Waals surface area contributed by atoms with Crippen molar-refractivity contribution in [2.24, 2.45) is 0 Å². The van der Waals surface area contributed by atoms with Crippen LogP contribution in [0.1, 0.15) is 10.4 Å². The van der Waals surface area contributed by atoms with Gasteiger partial charge in [0, 0.05) is 23.8 Å². The van der Waals surface area contributed by atoms with E-state index in [9.17, 15) is 4.79 Å². The number of nitrogens with zero attached hydrogens (tertiary/aromatic N) is 3. The Kier molecular flexibility index (Phi) is 3.83. The Hall–Kier alpha value is -2.95. The van der Waals surface area contributed by atoms with Crippen molar-refractivity contribution < 1.29 is 9.78 Å². The fraction of sp³-hybridized carbons (Fsp3) is 0.211. The number of nitrogens with one attached hydrogen (secondary N) is 1. The van der Waals surface area contributed by atoms with Gasteiger partial charge in [0.05, 0.1) is 18.7 Å². The maximum Gasteiger partial charge on any atom is 0.274 e. The van der Waals surface area contributed by atoms with Crippen LogP contribution in [0.15, 0.2) is 60.9 Å². The first-order valence-corrected chi connectivity index (χ1v) is 8.16. The van der Waals surface area contributed by atoms with Crippen LogP contribution in [0.25, 0.3) is 10.9 Å². The number of H-pyrrole nitrogens is 1. The molecule has 1 aromatic carbocycles. The normalized spacial score (nSPS) is 14.8. The van der Waals surface area contributed by atoms with Gasteiger partial charge in [0.15, 0.2) is 0 Å². The Morgan fingerprint density at radius 2 is 1.79 bits per heavy atom. The summed E-state index contributed by atoms with van der Waals surface area (Å²) < 4.78 is 0. The molecule has 5 nitrogen and oxygen atoms in total. The molecule has 24 heavy (non-hydrogen) atoms. The second-order valence-corrected chi connectivity index (χ2v) is 5.95. The standard InChI is InChI=1S/C19H18N4O/c24-19(16-5-3-9-20-14-16)23-12-10-22(11-13-23)18-8-7-15-4-1-2-6-17(15)21-18/h1-9,14H,10-13H2/p+1. The van der Waals surface area contributed by atoms with Crippen molar-refractivity contribution in [3.63, 3.8) is 0 Å². The highest BCUT2D eigenvalue weighted by molar-refractivity contribution is 5.94. The number of piperazine rings is 1. The number of rotatable bonds is 2. The summed E-state index contributed by atoms with van der Waals surface area (Å²) in [5.41, 5.74) is 1.78. The zero-order chi connectivity index (χ0) is 16.4. The first kappa shape index (κ1) is 14.6. The number of aromatic amines is 1. The van der Waals surface area contributed by atoms with Gasteiger partial charge in [0.25, 0.3) is 11.7 Å². The van der Waals surface area contributed by atoms with E-state index in [-0.39, 0.29) is 5.91 Å². The van der Waals surface area contributed by atoms with Crippen LogP contribution in [-0.2, 0) is 0 Å². The minimum atomic E-state index is 0.0604. The molecular formula is C19H19N4O+. The van der Waals surface area contributed by atoms with E-state index in [1.165, 1.54) is 5.39 Å². The van der Waals surface area contributed by atoms with Crippen LogP contribution in [0.4, 0.5) is 5.82 Å². The summed E-state index contributed by atoms with van der Waals surface area (Å²) >= 11 is 0. The van der Waals surface area contributed by atoms with Gasteiger partial charge in [-0.25, -0.2) is 4.98 Å². The second kappa shape index (κ2) is 6.28. The Morgan fingerprint density at radius 1 is 0.958 bits per heavy atom. The third-order valence-corrected chi connectivity index (χ3v) is 4.46. The summed E-state index contributed by atoms with van der Waals surface area (Å²) in [7, 11) is 0. The summed E-state index contributed by atoms with van der Waals surface area (Å²) in [5, 5.41) is 1.20. The number of carbonyl (C=O) groups is 1. The van der Waals surface area contributed by atoms with E-state index in [0.29, 0.717) is 18.7 Å². The number of benzene rings is 1. The molecule has 1 aliphatic heterocycles. The van der Waals surface area contributed by atoms with Gasteiger partial charge < -0.3 is 4.90 Å². The number of amides is 1. The highest BCUT2D eigenvalue weighted by Crippen LogP contribution is 2.16. The van der Waals surface area contributed by atoms with E-state index in [2.05, 4.69) is 39.1 Å². The predicted molar refractivity (Wildman–Crippen MR) is 92.9 cm³/mol. The van der Waals surface area contributed by atoms with Crippen LogP contribution in [0, 0.1) is 0 Å². The number of fused-ring (bicyclic) bond motifs is 1. The van der Waals surface area contributed by atoms with E-state index >= 15 is 0 Å². The molecule has 2 aromatic heterocycles. The van der Waals surface area contributed by atoms with Crippen LogP contribution in [0.2, 0.25) is 0 Å². The van der Waals surface area contributed by atoms with E-state index in [4.69, 9.17) is 0 Å². The number of anilines is 1. The monoisotopic (exact) mass is 319 g/mol. The fourth-order valence-corrected chi connectivity index (χ4v) is 3.11. The molecule has 1 amide bonds. The van der Waals surface area contributed by atoms with Crippen molar-refractivity contribution in [3.8, 4) is 0 Å². The van der Waals surface area contributed by atoms with Gasteiger partial charge in [-0.2, -0.15) is 0 Å². The van der Waals surface area contributed by atoms with Crippen molar-refractivity contribution in [1.29, 1.82) is 0 Å². The number of pyridine rings is 2. The van der Waals surface area contributed by atoms with Crippen molar-refractivity contribution in [2.45, 2.75) is 0 Å². The number of hydrogen-bond acceptors (Lipinski definition) is 3. The summed E-state index contributed by atoms with van der Waals surface area (Å²) in [4.78, 5) is 24.2. The van der Waals surface area contributed by atoms with Crippen molar-refractivity contribution >= 4 is 22.6 Å². The zero-order valence-corrected chi connectivity index (χ0v) is 13.4. The third kappa shape index (κ3) is 2.80. The number of aromatic nitrogens is 2. The lowest BCUT2D eigenvalue weighted by molar-refractivity contribution is -0.330. The van der Waals surface area contributed by atoms with Crippen LogP contribution in [0.3, 0.4) is 0 Å². The molecule has 0 unspecified atom stereocenters. The Morgan fingerprint density at radius 3 is 2.58 bits per heavy atom. The maximum absolute atomic E-state index is 12.5. The van der Waals surface area contributed by atoms with Crippen LogP contribution < -0.4 is 9.88 Å². The van der Waals surface area contributed by atoms with Crippen molar-refractivity contribution in [1.82, 2.24) is 9.88 Å². The molecule has 0 bridgehead atoms. The molecule has 0 atom stereocenters. The molecule has 1 saturated heterocycles. The molecule has 1 aliphatic rings. The zero-order valence-electron chi connectivity index (χ0n) is 13.4. The largest absolute Gasteiger partial charge is 0.331 e. The first-order chi connectivity index (χ1) is 11.8. The van der Waals surface area contributed by atoms with Gasteiger partial charge in [0.1, 0.15) is 18.6 Å². The molecule has 0 spiro atoms. The summed E-state index contributed by atoms with van der Waals surface area (Å²) in [6.45, 7) is 3.07. The highest BCUT2D eigenvalue weighted by atomic mass is 16.2. The average molecular weight is 319 g/mol. The molecule has 0 saturated carbocycles. The molecule has 3 aromatic rings. The Labute approximate surface area is 140 Å². The van der Waals surface area contributed by atoms with E-state index in [0.717, 1.165) is 24.4 Å². The Bertz CT molecular complexity index is 857. The van der Waals surface area contributed by atoms with Gasteiger partial charge in [-0.1, -0.05) is 18.2 Å². The van der Waals surface area contributed by atoms with E-state index < -0.39 is 0 Å². The number of hydrogen-bond donors (Lipinski definition) is 0. The minimum Gasteiger partial charge on any atom is -0.331 e. The van der Waals surface area contributed by atoms with Crippen molar-refractivity contribution in [3.05, 3.63) is 66.5 Å². The molecular weight excluding hydrogens is 300 g/mol. The molecule has 3 heterocycles. The van der Waals surface area contributed by atoms with Gasteiger partial charge >= 0.3 is 0 Å². The quantitative estimate of drug-likeness (QED) is 0.726. The average Bonchev–Trinajstić information content (AvgIpc) is 2.68. The fourth-order valence-electron chi connectivity index (χ4n) is 3.11. The topological polar surface area (TPSA) is 50.6 Å². The van der Waals surface area contributed by atoms with Crippen molar-refractivity contribution in [2.75, 3.05) is 31.1 Å². The Balaban J connectivity index is 1.46. The summed E-state index contributed by atoms with van der Waals surface area (Å²) in [5.74, 6) is 1.16. The maximum atomic E-state index is 12.5. The predicted octanol–water partition coefficient (Wildman–Crippen LogP) is 2.01.